The number of halogens is 1. The Morgan fingerprint density at radius 2 is 1.84 bits per heavy atom. The van der Waals surface area contributed by atoms with E-state index in [4.69, 9.17) is 0 Å². The summed E-state index contributed by atoms with van der Waals surface area (Å²) in [6.45, 7) is -0.00164. The molecule has 0 aliphatic carbocycles. The van der Waals surface area contributed by atoms with Crippen molar-refractivity contribution >= 4 is 17.3 Å². The molecular formula is C15H11FN2O. The number of carbonyl (C=O) groups excluding carboxylic acids is 1. The van der Waals surface area contributed by atoms with Crippen LogP contribution in [0.15, 0.2) is 53.5 Å². The monoisotopic (exact) mass is 254 g/mol. The Morgan fingerprint density at radius 3 is 2.63 bits per heavy atom. The normalized spacial score (nSPS) is 14.2. The highest BCUT2D eigenvalue weighted by Crippen LogP contribution is 2.25. The van der Waals surface area contributed by atoms with Crippen molar-refractivity contribution in [1.82, 2.24) is 0 Å². The largest absolute Gasteiger partial charge is 0.321 e. The van der Waals surface area contributed by atoms with E-state index in [1.165, 1.54) is 6.07 Å². The number of amides is 1. The molecule has 4 heteroatoms. The van der Waals surface area contributed by atoms with E-state index in [9.17, 15) is 9.18 Å². The number of aliphatic imine (C=N–C) groups is 1. The molecule has 0 saturated carbocycles. The van der Waals surface area contributed by atoms with Crippen molar-refractivity contribution in [1.29, 1.82) is 0 Å². The maximum absolute atomic E-state index is 13.8. The second-order valence-electron chi connectivity index (χ2n) is 4.24. The summed E-state index contributed by atoms with van der Waals surface area (Å²) < 4.78 is 13.8. The number of anilines is 1. The quantitative estimate of drug-likeness (QED) is 0.835. The second-order valence-corrected chi connectivity index (χ2v) is 4.24. The summed E-state index contributed by atoms with van der Waals surface area (Å²) in [5, 5.41) is 2.56. The van der Waals surface area contributed by atoms with E-state index in [0.29, 0.717) is 11.3 Å². The average Bonchev–Trinajstić information content (AvgIpc) is 2.60. The van der Waals surface area contributed by atoms with E-state index in [-0.39, 0.29) is 18.1 Å². The maximum Gasteiger partial charge on any atom is 0.246 e. The predicted octanol–water partition coefficient (Wildman–Crippen LogP) is 2.62. The molecule has 1 aliphatic rings. The first-order chi connectivity index (χ1) is 9.25. The lowest BCUT2D eigenvalue weighted by Crippen LogP contribution is -2.14. The van der Waals surface area contributed by atoms with E-state index >= 15 is 0 Å². The molecule has 3 nitrogen and oxygen atoms in total. The summed E-state index contributed by atoms with van der Waals surface area (Å²) in [6, 6.07) is 14.2. The molecule has 1 aliphatic heterocycles. The van der Waals surface area contributed by atoms with Crippen LogP contribution in [0.1, 0.15) is 11.1 Å². The molecule has 0 fully saturated rings. The number of nitrogens with one attached hydrogen (secondary N) is 1. The molecule has 0 aromatic heterocycles. The zero-order valence-corrected chi connectivity index (χ0v) is 10.1. The van der Waals surface area contributed by atoms with Gasteiger partial charge in [0.15, 0.2) is 0 Å². The van der Waals surface area contributed by atoms with Gasteiger partial charge in [-0.2, -0.15) is 0 Å². The zero-order valence-electron chi connectivity index (χ0n) is 10.1. The van der Waals surface area contributed by atoms with E-state index in [1.54, 1.807) is 12.1 Å². The fraction of sp³-hybridized carbons (Fsp3) is 0.0667. The number of hydrogen-bond acceptors (Lipinski definition) is 2. The van der Waals surface area contributed by atoms with Crippen molar-refractivity contribution in [2.75, 3.05) is 11.9 Å². The van der Waals surface area contributed by atoms with Crippen molar-refractivity contribution in [3.8, 4) is 0 Å². The second kappa shape index (κ2) is 4.65. The Hall–Kier alpha value is -2.49. The molecule has 0 spiro atoms. The number of carbonyl (C=O) groups is 1. The Morgan fingerprint density at radius 1 is 1.05 bits per heavy atom. The molecule has 2 aromatic rings. The fourth-order valence-electron chi connectivity index (χ4n) is 2.11. The summed E-state index contributed by atoms with van der Waals surface area (Å²) in [5.74, 6) is -0.756. The Labute approximate surface area is 109 Å². The molecule has 94 valence electrons. The summed E-state index contributed by atoms with van der Waals surface area (Å²) in [7, 11) is 0. The molecule has 0 atom stereocenters. The van der Waals surface area contributed by atoms with Crippen LogP contribution in [0.5, 0.6) is 0 Å². The van der Waals surface area contributed by atoms with Crippen LogP contribution in [0, 0.1) is 5.82 Å². The minimum Gasteiger partial charge on any atom is -0.321 e. The van der Waals surface area contributed by atoms with Gasteiger partial charge in [0, 0.05) is 11.1 Å². The third-order valence-electron chi connectivity index (χ3n) is 2.96. The smallest absolute Gasteiger partial charge is 0.246 e. The van der Waals surface area contributed by atoms with Crippen molar-refractivity contribution in [3.05, 3.63) is 65.5 Å². The van der Waals surface area contributed by atoms with E-state index in [2.05, 4.69) is 10.3 Å². The van der Waals surface area contributed by atoms with Gasteiger partial charge in [-0.15, -0.1) is 0 Å². The van der Waals surface area contributed by atoms with Crippen LogP contribution in [0.4, 0.5) is 10.1 Å². The van der Waals surface area contributed by atoms with Gasteiger partial charge in [0.1, 0.15) is 12.4 Å². The van der Waals surface area contributed by atoms with Gasteiger partial charge in [0.25, 0.3) is 0 Å². The number of benzene rings is 2. The van der Waals surface area contributed by atoms with Gasteiger partial charge in [-0.05, 0) is 6.07 Å². The molecule has 1 heterocycles. The number of benzodiazepines with no additional fused rings is 1. The highest BCUT2D eigenvalue weighted by Gasteiger charge is 2.20. The van der Waals surface area contributed by atoms with Crippen LogP contribution in [0.3, 0.4) is 0 Å². The summed E-state index contributed by atoms with van der Waals surface area (Å²) in [4.78, 5) is 15.9. The summed E-state index contributed by atoms with van der Waals surface area (Å²) in [6.07, 6.45) is 0. The molecule has 0 saturated heterocycles. The van der Waals surface area contributed by atoms with Crippen LogP contribution >= 0.6 is 0 Å². The van der Waals surface area contributed by atoms with Gasteiger partial charge < -0.3 is 5.32 Å². The molecule has 19 heavy (non-hydrogen) atoms. The third kappa shape index (κ3) is 2.12. The molecule has 0 unspecified atom stereocenters. The third-order valence-corrected chi connectivity index (χ3v) is 2.96. The number of rotatable bonds is 1. The van der Waals surface area contributed by atoms with Crippen molar-refractivity contribution in [2.45, 2.75) is 0 Å². The predicted molar refractivity (Wildman–Crippen MR) is 72.0 cm³/mol. The Bertz CT molecular complexity index is 665. The van der Waals surface area contributed by atoms with Crippen LogP contribution < -0.4 is 5.32 Å². The number of fused-ring (bicyclic) bond motifs is 1. The van der Waals surface area contributed by atoms with Crippen LogP contribution in [0.2, 0.25) is 0 Å². The lowest BCUT2D eigenvalue weighted by Gasteiger charge is -2.10. The van der Waals surface area contributed by atoms with Gasteiger partial charge in [0.05, 0.1) is 11.4 Å². The zero-order chi connectivity index (χ0) is 13.2. The lowest BCUT2D eigenvalue weighted by atomic mass is 10.0. The fourth-order valence-corrected chi connectivity index (χ4v) is 2.11. The first-order valence-electron chi connectivity index (χ1n) is 5.94. The van der Waals surface area contributed by atoms with E-state index in [1.807, 2.05) is 30.3 Å². The van der Waals surface area contributed by atoms with Crippen molar-refractivity contribution in [3.63, 3.8) is 0 Å². The van der Waals surface area contributed by atoms with Crippen molar-refractivity contribution in [2.24, 2.45) is 4.99 Å². The number of para-hydroxylation sites is 1. The molecular weight excluding hydrogens is 243 g/mol. The van der Waals surface area contributed by atoms with Gasteiger partial charge in [-0.25, -0.2) is 4.39 Å². The van der Waals surface area contributed by atoms with Gasteiger partial charge >= 0.3 is 0 Å². The van der Waals surface area contributed by atoms with Crippen molar-refractivity contribution < 1.29 is 9.18 Å². The highest BCUT2D eigenvalue weighted by molar-refractivity contribution is 6.19. The average molecular weight is 254 g/mol. The van der Waals surface area contributed by atoms with Gasteiger partial charge in [-0.3, -0.25) is 9.79 Å². The molecule has 2 aromatic carbocycles. The van der Waals surface area contributed by atoms with Gasteiger partial charge in [0.2, 0.25) is 5.91 Å². The topological polar surface area (TPSA) is 41.5 Å². The Kier molecular flexibility index (Phi) is 2.83. The molecule has 0 radical (unpaired) electrons. The number of hydrogen-bond donors (Lipinski definition) is 1. The standard InChI is InChI=1S/C15H11FN2O/c16-12-8-4-7-11-14(10-5-2-1-3-6-10)17-9-13(19)18-15(11)12/h1-8H,9H2,(H,18,19). The Balaban J connectivity index is 2.21. The molecule has 1 N–H and O–H groups in total. The molecule has 1 amide bonds. The van der Waals surface area contributed by atoms with Crippen LogP contribution in [-0.4, -0.2) is 18.2 Å². The van der Waals surface area contributed by atoms with Gasteiger partial charge in [-0.1, -0.05) is 42.5 Å². The summed E-state index contributed by atoms with van der Waals surface area (Å²) in [5.41, 5.74) is 2.31. The minimum absolute atomic E-state index is 0.00164. The first-order valence-corrected chi connectivity index (χ1v) is 5.94. The van der Waals surface area contributed by atoms with Crippen LogP contribution in [0.25, 0.3) is 0 Å². The highest BCUT2D eigenvalue weighted by atomic mass is 19.1. The summed E-state index contributed by atoms with van der Waals surface area (Å²) >= 11 is 0. The number of nitrogens with zero attached hydrogens (tertiary/aromatic N) is 1. The molecule has 3 rings (SSSR count). The SMILES string of the molecule is O=C1CN=C(c2ccccc2)c2cccc(F)c2N1. The molecule has 0 bridgehead atoms. The van der Waals surface area contributed by atoms with E-state index in [0.717, 1.165) is 5.56 Å². The minimum atomic E-state index is -0.448. The first kappa shape index (κ1) is 11.6. The lowest BCUT2D eigenvalue weighted by molar-refractivity contribution is -0.114. The maximum atomic E-state index is 13.8. The van der Waals surface area contributed by atoms with Crippen LogP contribution in [-0.2, 0) is 4.79 Å². The van der Waals surface area contributed by atoms with E-state index < -0.39 is 5.82 Å².